The van der Waals surface area contributed by atoms with Crippen LogP contribution in [0, 0.1) is 10.1 Å². The van der Waals surface area contributed by atoms with Crippen LogP contribution >= 0.6 is 0 Å². The quantitative estimate of drug-likeness (QED) is 0.472. The number of hydrazine groups is 1. The Hall–Kier alpha value is -4.21. The van der Waals surface area contributed by atoms with Gasteiger partial charge in [-0.25, -0.2) is 4.98 Å². The average molecular weight is 381 g/mol. The normalized spacial score (nSPS) is 10.0. The molecule has 10 nitrogen and oxygen atoms in total. The molecule has 0 unspecified atom stereocenters. The summed E-state index contributed by atoms with van der Waals surface area (Å²) in [5.74, 6) is -0.399. The number of benzene rings is 2. The van der Waals surface area contributed by atoms with Crippen LogP contribution in [0.15, 0.2) is 60.9 Å². The van der Waals surface area contributed by atoms with Gasteiger partial charge in [0.05, 0.1) is 12.0 Å². The van der Waals surface area contributed by atoms with Gasteiger partial charge in [0.2, 0.25) is 5.82 Å². The fourth-order valence-corrected chi connectivity index (χ4v) is 2.28. The first kappa shape index (κ1) is 18.6. The Morgan fingerprint density at radius 1 is 1.04 bits per heavy atom. The molecule has 0 radical (unpaired) electrons. The van der Waals surface area contributed by atoms with E-state index in [2.05, 4.69) is 20.8 Å². The summed E-state index contributed by atoms with van der Waals surface area (Å²) < 4.78 is 10.7. The van der Waals surface area contributed by atoms with E-state index < -0.39 is 16.5 Å². The molecule has 142 valence electrons. The van der Waals surface area contributed by atoms with E-state index in [1.54, 1.807) is 54.6 Å². The standard InChI is InChI=1S/C18H15N5O5/c1-27-13-9-5-6-10-14(13)28-18-15(23(25)26)16(19-11-20-18)21-22-17(24)12-7-3-2-4-8-12/h2-11H,1H3,(H,22,24)(H,19,20,21). The molecule has 0 saturated carbocycles. The van der Waals surface area contributed by atoms with E-state index in [1.807, 2.05) is 0 Å². The van der Waals surface area contributed by atoms with Crippen LogP contribution in [0.2, 0.25) is 0 Å². The molecule has 2 aromatic carbocycles. The van der Waals surface area contributed by atoms with E-state index in [4.69, 9.17) is 9.47 Å². The largest absolute Gasteiger partial charge is 0.493 e. The molecule has 0 aliphatic rings. The molecule has 1 amide bonds. The number of carbonyl (C=O) groups is 1. The van der Waals surface area contributed by atoms with Crippen LogP contribution in [-0.2, 0) is 0 Å². The monoisotopic (exact) mass is 381 g/mol. The molecule has 3 rings (SSSR count). The number of nitrogens with one attached hydrogen (secondary N) is 2. The van der Waals surface area contributed by atoms with Crippen molar-refractivity contribution in [3.05, 3.63) is 76.6 Å². The molecule has 3 aromatic rings. The number of aromatic nitrogens is 2. The summed E-state index contributed by atoms with van der Waals surface area (Å²) in [5.41, 5.74) is 4.64. The van der Waals surface area contributed by atoms with E-state index in [0.717, 1.165) is 6.33 Å². The van der Waals surface area contributed by atoms with Crippen LogP contribution < -0.4 is 20.3 Å². The number of ether oxygens (including phenoxy) is 2. The van der Waals surface area contributed by atoms with E-state index in [9.17, 15) is 14.9 Å². The number of carbonyl (C=O) groups excluding carboxylic acids is 1. The minimum Gasteiger partial charge on any atom is -0.493 e. The lowest BCUT2D eigenvalue weighted by atomic mass is 10.2. The summed E-state index contributed by atoms with van der Waals surface area (Å²) in [6, 6.07) is 15.0. The first-order valence-electron chi connectivity index (χ1n) is 8.02. The number of nitro groups is 1. The lowest BCUT2D eigenvalue weighted by molar-refractivity contribution is -0.385. The Morgan fingerprint density at radius 3 is 2.39 bits per heavy atom. The number of methoxy groups -OCH3 is 1. The highest BCUT2D eigenvalue weighted by Gasteiger charge is 2.26. The lowest BCUT2D eigenvalue weighted by Gasteiger charge is -2.11. The zero-order valence-electron chi connectivity index (χ0n) is 14.7. The molecule has 28 heavy (non-hydrogen) atoms. The van der Waals surface area contributed by atoms with Crippen molar-refractivity contribution in [3.8, 4) is 17.4 Å². The lowest BCUT2D eigenvalue weighted by Crippen LogP contribution is -2.30. The molecule has 0 aliphatic heterocycles. The van der Waals surface area contributed by atoms with Crippen LogP contribution in [-0.4, -0.2) is 27.9 Å². The van der Waals surface area contributed by atoms with Crippen molar-refractivity contribution in [2.45, 2.75) is 0 Å². The first-order valence-corrected chi connectivity index (χ1v) is 8.02. The van der Waals surface area contributed by atoms with Gasteiger partial charge in [-0.1, -0.05) is 30.3 Å². The summed E-state index contributed by atoms with van der Waals surface area (Å²) in [4.78, 5) is 30.6. The predicted octanol–water partition coefficient (Wildman–Crippen LogP) is 2.94. The van der Waals surface area contributed by atoms with Crippen molar-refractivity contribution in [3.63, 3.8) is 0 Å². The van der Waals surface area contributed by atoms with Gasteiger partial charge in [0.15, 0.2) is 11.5 Å². The number of amides is 1. The van der Waals surface area contributed by atoms with Crippen molar-refractivity contribution >= 4 is 17.4 Å². The minimum absolute atomic E-state index is 0.228. The van der Waals surface area contributed by atoms with E-state index in [1.165, 1.54) is 7.11 Å². The van der Waals surface area contributed by atoms with Gasteiger partial charge < -0.3 is 9.47 Å². The van der Waals surface area contributed by atoms with E-state index in [-0.39, 0.29) is 17.4 Å². The van der Waals surface area contributed by atoms with Crippen LogP contribution in [0.5, 0.6) is 17.4 Å². The number of nitrogens with zero attached hydrogens (tertiary/aromatic N) is 3. The molecule has 0 saturated heterocycles. The fourth-order valence-electron chi connectivity index (χ4n) is 2.28. The summed E-state index contributed by atoms with van der Waals surface area (Å²) >= 11 is 0. The summed E-state index contributed by atoms with van der Waals surface area (Å²) in [5, 5.41) is 11.6. The van der Waals surface area contributed by atoms with Crippen molar-refractivity contribution in [2.24, 2.45) is 0 Å². The number of rotatable bonds is 7. The molecule has 0 fully saturated rings. The second kappa shape index (κ2) is 8.45. The Kier molecular flexibility index (Phi) is 5.60. The van der Waals surface area contributed by atoms with Crippen LogP contribution in [0.3, 0.4) is 0 Å². The van der Waals surface area contributed by atoms with Gasteiger partial charge >= 0.3 is 11.6 Å². The number of anilines is 1. The maximum atomic E-state index is 12.1. The Balaban J connectivity index is 1.85. The molecule has 0 atom stereocenters. The molecule has 0 spiro atoms. The average Bonchev–Trinajstić information content (AvgIpc) is 2.73. The van der Waals surface area contributed by atoms with Gasteiger partial charge in [-0.15, -0.1) is 0 Å². The highest BCUT2D eigenvalue weighted by atomic mass is 16.6. The van der Waals surface area contributed by atoms with Gasteiger partial charge in [-0.2, -0.15) is 4.98 Å². The highest BCUT2D eigenvalue weighted by Crippen LogP contribution is 2.37. The molecular weight excluding hydrogens is 366 g/mol. The molecule has 1 aromatic heterocycles. The Morgan fingerprint density at radius 2 is 1.71 bits per heavy atom. The van der Waals surface area contributed by atoms with Gasteiger partial charge in [0.1, 0.15) is 6.33 Å². The van der Waals surface area contributed by atoms with Gasteiger partial charge in [0.25, 0.3) is 5.91 Å². The third-order valence-electron chi connectivity index (χ3n) is 3.58. The van der Waals surface area contributed by atoms with Crippen molar-refractivity contribution < 1.29 is 19.2 Å². The molecule has 2 N–H and O–H groups in total. The predicted molar refractivity (Wildman–Crippen MR) is 99.3 cm³/mol. The highest BCUT2D eigenvalue weighted by molar-refractivity contribution is 5.94. The van der Waals surface area contributed by atoms with Gasteiger partial charge in [0, 0.05) is 5.56 Å². The van der Waals surface area contributed by atoms with Crippen molar-refractivity contribution in [1.82, 2.24) is 15.4 Å². The van der Waals surface area contributed by atoms with E-state index in [0.29, 0.717) is 11.3 Å². The molecule has 0 aliphatic carbocycles. The maximum Gasteiger partial charge on any atom is 0.374 e. The number of hydrogen-bond acceptors (Lipinski definition) is 8. The Bertz CT molecular complexity index is 997. The minimum atomic E-state index is -0.707. The number of para-hydroxylation sites is 2. The summed E-state index contributed by atoms with van der Waals surface area (Å²) in [6.45, 7) is 0. The van der Waals surface area contributed by atoms with Crippen LogP contribution in [0.25, 0.3) is 0 Å². The van der Waals surface area contributed by atoms with E-state index >= 15 is 0 Å². The third-order valence-corrected chi connectivity index (χ3v) is 3.58. The van der Waals surface area contributed by atoms with Crippen molar-refractivity contribution in [1.29, 1.82) is 0 Å². The Labute approximate surface area is 159 Å². The smallest absolute Gasteiger partial charge is 0.374 e. The number of hydrogen-bond donors (Lipinski definition) is 2. The van der Waals surface area contributed by atoms with Crippen LogP contribution in [0.1, 0.15) is 10.4 Å². The molecule has 1 heterocycles. The second-order valence-corrected chi connectivity index (χ2v) is 5.33. The van der Waals surface area contributed by atoms with Gasteiger partial charge in [-0.05, 0) is 24.3 Å². The van der Waals surface area contributed by atoms with Gasteiger partial charge in [-0.3, -0.25) is 25.8 Å². The zero-order valence-corrected chi connectivity index (χ0v) is 14.7. The summed E-state index contributed by atoms with van der Waals surface area (Å²) in [7, 11) is 1.45. The zero-order chi connectivity index (χ0) is 19.9. The SMILES string of the molecule is COc1ccccc1Oc1ncnc(NNC(=O)c2ccccc2)c1[N+](=O)[O-]. The fraction of sp³-hybridized carbons (Fsp3) is 0.0556. The third kappa shape index (κ3) is 4.12. The van der Waals surface area contributed by atoms with Crippen molar-refractivity contribution in [2.75, 3.05) is 12.5 Å². The summed E-state index contributed by atoms with van der Waals surface area (Å²) in [6.07, 6.45) is 1.08. The maximum absolute atomic E-state index is 12.1. The molecule has 0 bridgehead atoms. The molecular formula is C18H15N5O5. The second-order valence-electron chi connectivity index (χ2n) is 5.33. The topological polar surface area (TPSA) is 129 Å². The molecule has 10 heteroatoms. The van der Waals surface area contributed by atoms with Crippen LogP contribution in [0.4, 0.5) is 11.5 Å². The first-order chi connectivity index (χ1) is 13.6.